The quantitative estimate of drug-likeness (QED) is 0.169. The number of anilines is 1. The fourth-order valence-electron chi connectivity index (χ4n) is 4.96. The molecule has 8 nitrogen and oxygen atoms in total. The van der Waals surface area contributed by atoms with Gasteiger partial charge in [-0.15, -0.1) is 0 Å². The Balaban J connectivity index is 1.79. The molecular weight excluding hydrogens is 622 g/mol. The topological polar surface area (TPSA) is 96.0 Å². The first-order valence-electron chi connectivity index (χ1n) is 15.2. The molecule has 0 unspecified atom stereocenters. The number of aryl methyl sites for hydroxylation is 1. The second-order valence-corrected chi connectivity index (χ2v) is 13.6. The molecule has 0 spiro atoms. The first-order chi connectivity index (χ1) is 22.0. The van der Waals surface area contributed by atoms with Gasteiger partial charge in [-0.2, -0.15) is 0 Å². The Labute approximate surface area is 277 Å². The van der Waals surface area contributed by atoms with Gasteiger partial charge in [0.05, 0.1) is 17.2 Å². The maximum absolute atomic E-state index is 14.5. The van der Waals surface area contributed by atoms with Gasteiger partial charge in [0.2, 0.25) is 11.8 Å². The van der Waals surface area contributed by atoms with Crippen molar-refractivity contribution in [3.05, 3.63) is 125 Å². The number of sulfonamides is 1. The Morgan fingerprint density at radius 2 is 1.48 bits per heavy atom. The number of nitrogens with zero attached hydrogens (tertiary/aromatic N) is 2. The van der Waals surface area contributed by atoms with Crippen molar-refractivity contribution in [2.45, 2.75) is 57.6 Å². The van der Waals surface area contributed by atoms with Crippen LogP contribution >= 0.6 is 11.6 Å². The summed E-state index contributed by atoms with van der Waals surface area (Å²) in [7, 11) is -4.22. The third-order valence-electron chi connectivity index (χ3n) is 7.29. The zero-order chi connectivity index (χ0) is 33.3. The summed E-state index contributed by atoms with van der Waals surface area (Å²) in [4.78, 5) is 29.7. The lowest BCUT2D eigenvalue weighted by Gasteiger charge is -2.34. The molecule has 4 aromatic rings. The predicted molar refractivity (Wildman–Crippen MR) is 183 cm³/mol. The first-order valence-corrected chi connectivity index (χ1v) is 17.0. The van der Waals surface area contributed by atoms with E-state index >= 15 is 0 Å². The van der Waals surface area contributed by atoms with Crippen molar-refractivity contribution in [3.63, 3.8) is 0 Å². The van der Waals surface area contributed by atoms with Crippen molar-refractivity contribution >= 4 is 39.1 Å². The Kier molecular flexibility index (Phi) is 11.8. The normalized spacial score (nSPS) is 12.0. The van der Waals surface area contributed by atoms with Crippen molar-refractivity contribution in [2.75, 3.05) is 17.5 Å². The van der Waals surface area contributed by atoms with Crippen LogP contribution in [-0.4, -0.2) is 50.4 Å². The van der Waals surface area contributed by atoms with Crippen LogP contribution in [0.1, 0.15) is 37.5 Å². The number of amides is 2. The third-order valence-corrected chi connectivity index (χ3v) is 9.33. The molecule has 0 aliphatic rings. The Hall–Kier alpha value is -4.34. The lowest BCUT2D eigenvalue weighted by Crippen LogP contribution is -2.54. The average Bonchev–Trinajstić information content (AvgIpc) is 3.03. The predicted octanol–water partition coefficient (Wildman–Crippen LogP) is 6.41. The van der Waals surface area contributed by atoms with Crippen LogP contribution < -0.4 is 14.4 Å². The van der Waals surface area contributed by atoms with Gasteiger partial charge in [0.15, 0.2) is 0 Å². The van der Waals surface area contributed by atoms with Crippen molar-refractivity contribution in [1.29, 1.82) is 0 Å². The van der Waals surface area contributed by atoms with Crippen molar-refractivity contribution in [1.82, 2.24) is 10.2 Å². The summed E-state index contributed by atoms with van der Waals surface area (Å²) in [6.45, 7) is 7.41. The number of rotatable bonds is 14. The molecule has 0 aromatic heterocycles. The molecule has 0 radical (unpaired) electrons. The number of hydrogen-bond acceptors (Lipinski definition) is 5. The molecule has 0 heterocycles. The molecule has 242 valence electrons. The number of nitrogens with one attached hydrogen (secondary N) is 1. The first kappa shape index (κ1) is 34.5. The van der Waals surface area contributed by atoms with E-state index in [1.807, 2.05) is 58.0 Å². The minimum absolute atomic E-state index is 0.00645. The van der Waals surface area contributed by atoms with E-state index < -0.39 is 28.5 Å². The molecule has 46 heavy (non-hydrogen) atoms. The largest absolute Gasteiger partial charge is 0.494 e. The van der Waals surface area contributed by atoms with Crippen LogP contribution in [0.4, 0.5) is 5.69 Å². The van der Waals surface area contributed by atoms with Crippen LogP contribution in [0.25, 0.3) is 0 Å². The Bertz CT molecular complexity index is 1700. The Morgan fingerprint density at radius 1 is 0.848 bits per heavy atom. The van der Waals surface area contributed by atoms with Gasteiger partial charge >= 0.3 is 0 Å². The molecule has 0 aliphatic heterocycles. The second kappa shape index (κ2) is 15.8. The Morgan fingerprint density at radius 3 is 2.07 bits per heavy atom. The summed E-state index contributed by atoms with van der Waals surface area (Å²) in [5, 5.41) is 3.49. The van der Waals surface area contributed by atoms with E-state index in [1.54, 1.807) is 60.7 Å². The highest BCUT2D eigenvalue weighted by molar-refractivity contribution is 7.92. The monoisotopic (exact) mass is 661 g/mol. The molecule has 10 heteroatoms. The maximum Gasteiger partial charge on any atom is 0.264 e. The third kappa shape index (κ3) is 9.11. The SMILES string of the molecule is CCOc1ccc(S(=O)(=O)N(CC(=O)N(Cc2ccc(Cl)cc2)[C@H](Cc2ccccc2)C(=O)NC(C)C)c2ccc(C)cc2)cc1. The standard InChI is InChI=1S/C36H40ClN3O5S/c1-5-45-32-19-21-33(22-20-32)46(43,44)40(31-17-11-27(4)12-18-31)25-35(41)39(24-29-13-15-30(37)16-14-29)34(36(42)38-26(2)3)23-28-9-7-6-8-10-28/h6-22,26,34H,5,23-25H2,1-4H3,(H,38,42)/t34-/m1/s1. The summed E-state index contributed by atoms with van der Waals surface area (Å²) in [6.07, 6.45) is 0.231. The highest BCUT2D eigenvalue weighted by atomic mass is 35.5. The highest BCUT2D eigenvalue weighted by Crippen LogP contribution is 2.27. The summed E-state index contributed by atoms with van der Waals surface area (Å²) in [6, 6.07) is 28.4. The van der Waals surface area contributed by atoms with Crippen LogP contribution in [0.3, 0.4) is 0 Å². The van der Waals surface area contributed by atoms with Gasteiger partial charge in [0, 0.05) is 24.0 Å². The van der Waals surface area contributed by atoms with Gasteiger partial charge in [0.25, 0.3) is 10.0 Å². The molecule has 4 rings (SSSR count). The van der Waals surface area contributed by atoms with E-state index in [0.717, 1.165) is 21.0 Å². The smallest absolute Gasteiger partial charge is 0.264 e. The summed E-state index contributed by atoms with van der Waals surface area (Å²) in [5.74, 6) is -0.337. The highest BCUT2D eigenvalue weighted by Gasteiger charge is 2.34. The number of carbonyl (C=O) groups excluding carboxylic acids is 2. The van der Waals surface area contributed by atoms with Crippen LogP contribution in [-0.2, 0) is 32.6 Å². The van der Waals surface area contributed by atoms with Crippen molar-refractivity contribution in [2.24, 2.45) is 0 Å². The van der Waals surface area contributed by atoms with Gasteiger partial charge < -0.3 is 15.0 Å². The molecule has 1 atom stereocenters. The average molecular weight is 662 g/mol. The van der Waals surface area contributed by atoms with E-state index in [2.05, 4.69) is 5.32 Å². The number of carbonyl (C=O) groups is 2. The molecule has 0 aliphatic carbocycles. The van der Waals surface area contributed by atoms with Gasteiger partial charge in [-0.05, 0) is 87.4 Å². The molecule has 0 saturated heterocycles. The van der Waals surface area contributed by atoms with E-state index in [-0.39, 0.29) is 29.8 Å². The van der Waals surface area contributed by atoms with Gasteiger partial charge in [-0.25, -0.2) is 8.42 Å². The zero-order valence-electron chi connectivity index (χ0n) is 26.5. The number of benzene rings is 4. The second-order valence-electron chi connectivity index (χ2n) is 11.3. The zero-order valence-corrected chi connectivity index (χ0v) is 28.1. The lowest BCUT2D eigenvalue weighted by atomic mass is 10.0. The van der Waals surface area contributed by atoms with Crippen molar-refractivity contribution in [3.8, 4) is 5.75 Å². The lowest BCUT2D eigenvalue weighted by molar-refractivity contribution is -0.140. The minimum atomic E-state index is -4.22. The van der Waals surface area contributed by atoms with Crippen LogP contribution in [0.2, 0.25) is 5.02 Å². The fourth-order valence-corrected chi connectivity index (χ4v) is 6.50. The minimum Gasteiger partial charge on any atom is -0.494 e. The van der Waals surface area contributed by atoms with Gasteiger partial charge in [-0.1, -0.05) is 71.8 Å². The summed E-state index contributed by atoms with van der Waals surface area (Å²) >= 11 is 6.15. The molecule has 2 amide bonds. The van der Waals surface area contributed by atoms with E-state index in [0.29, 0.717) is 23.1 Å². The van der Waals surface area contributed by atoms with Crippen LogP contribution in [0, 0.1) is 6.92 Å². The van der Waals surface area contributed by atoms with E-state index in [9.17, 15) is 18.0 Å². The molecule has 1 N–H and O–H groups in total. The number of halogens is 1. The van der Waals surface area contributed by atoms with Crippen LogP contribution in [0.15, 0.2) is 108 Å². The molecule has 0 saturated carbocycles. The number of hydrogen-bond donors (Lipinski definition) is 1. The maximum atomic E-state index is 14.5. The molecule has 4 aromatic carbocycles. The van der Waals surface area contributed by atoms with Crippen molar-refractivity contribution < 1.29 is 22.7 Å². The summed E-state index contributed by atoms with van der Waals surface area (Å²) < 4.78 is 35.0. The molecule has 0 bridgehead atoms. The molecule has 0 fully saturated rings. The van der Waals surface area contributed by atoms with Crippen LogP contribution in [0.5, 0.6) is 5.75 Å². The summed E-state index contributed by atoms with van der Waals surface area (Å²) in [5.41, 5.74) is 2.86. The van der Waals surface area contributed by atoms with E-state index in [4.69, 9.17) is 16.3 Å². The van der Waals surface area contributed by atoms with Gasteiger partial charge in [0.1, 0.15) is 18.3 Å². The number of ether oxygens (including phenoxy) is 1. The van der Waals surface area contributed by atoms with E-state index in [1.165, 1.54) is 17.0 Å². The molecular formula is C36H40ClN3O5S. The fraction of sp³-hybridized carbons (Fsp3) is 0.278. The van der Waals surface area contributed by atoms with Gasteiger partial charge in [-0.3, -0.25) is 13.9 Å².